The number of esters is 1. The molecule has 1 amide bonds. The molecule has 42 heavy (non-hydrogen) atoms. The molecule has 3 atom stereocenters. The molecule has 224 valence electrons. The highest BCUT2D eigenvalue weighted by molar-refractivity contribution is 5.98. The van der Waals surface area contributed by atoms with E-state index in [0.29, 0.717) is 61.8 Å². The molecule has 3 aromatic rings. The van der Waals surface area contributed by atoms with E-state index in [4.69, 9.17) is 14.2 Å². The van der Waals surface area contributed by atoms with Crippen LogP contribution in [-0.2, 0) is 9.47 Å². The van der Waals surface area contributed by atoms with Crippen molar-refractivity contribution in [2.45, 2.75) is 49.8 Å². The summed E-state index contributed by atoms with van der Waals surface area (Å²) in [6.45, 7) is 2.35. The van der Waals surface area contributed by atoms with Crippen molar-refractivity contribution in [1.29, 1.82) is 0 Å². The maximum Gasteiger partial charge on any atom is 0.341 e. The average molecular weight is 577 g/mol. The second kappa shape index (κ2) is 13.5. The van der Waals surface area contributed by atoms with Crippen molar-refractivity contribution >= 4 is 11.9 Å². The number of aliphatic hydroxyl groups is 1. The Morgan fingerprint density at radius 2 is 1.88 bits per heavy atom. The fourth-order valence-electron chi connectivity index (χ4n) is 6.25. The predicted octanol–water partition coefficient (Wildman–Crippen LogP) is 3.71. The molecule has 2 N–H and O–H groups in total. The summed E-state index contributed by atoms with van der Waals surface area (Å²) in [5, 5.41) is 15.0. The third kappa shape index (κ3) is 6.21. The molecule has 0 unspecified atom stereocenters. The van der Waals surface area contributed by atoms with Crippen LogP contribution >= 0.6 is 0 Å². The fraction of sp³-hybridized carbons (Fsp3) is 0.469. The standard InChI is InChI=1S/C32H40N4O6/c1-40-21-32(39)16-9-8-14-27(32)36-22-34-28(29(36)23-10-4-3-5-11-23)30(37)35-18-17-33-20-24(35)15-19-42-26-13-7-6-12-25(26)31(38)41-2/h3-7,10-13,22,24,27,33,39H,8-9,14-21H2,1-2H3/t24-,27-,32-/m1/s1. The van der Waals surface area contributed by atoms with Crippen LogP contribution in [0.2, 0.25) is 0 Å². The number of ether oxygens (including phenoxy) is 3. The normalized spacial score (nSPS) is 22.5. The Balaban J connectivity index is 1.41. The highest BCUT2D eigenvalue weighted by Crippen LogP contribution is 2.41. The van der Waals surface area contributed by atoms with Crippen molar-refractivity contribution in [1.82, 2.24) is 19.8 Å². The number of nitrogens with one attached hydrogen (secondary N) is 1. The van der Waals surface area contributed by atoms with Crippen LogP contribution in [-0.4, -0.2) is 90.1 Å². The first-order valence-corrected chi connectivity index (χ1v) is 14.6. The number of nitrogens with zero attached hydrogens (tertiary/aromatic N) is 3. The average Bonchev–Trinajstić information content (AvgIpc) is 3.46. The molecule has 1 aromatic heterocycles. The van der Waals surface area contributed by atoms with Gasteiger partial charge in [-0.05, 0) is 25.0 Å². The molecule has 1 saturated heterocycles. The number of carbonyl (C=O) groups is 2. The molecule has 2 fully saturated rings. The molecule has 2 aromatic carbocycles. The smallest absolute Gasteiger partial charge is 0.341 e. The molecule has 10 heteroatoms. The number of hydrogen-bond acceptors (Lipinski definition) is 8. The molecule has 1 aliphatic carbocycles. The minimum atomic E-state index is -1.05. The molecular weight excluding hydrogens is 536 g/mol. The van der Waals surface area contributed by atoms with E-state index in [1.54, 1.807) is 37.7 Å². The van der Waals surface area contributed by atoms with Gasteiger partial charge in [0.25, 0.3) is 5.91 Å². The highest BCUT2D eigenvalue weighted by atomic mass is 16.5. The molecule has 10 nitrogen and oxygen atoms in total. The predicted molar refractivity (Wildman–Crippen MR) is 158 cm³/mol. The zero-order valence-electron chi connectivity index (χ0n) is 24.3. The molecule has 0 spiro atoms. The zero-order chi connectivity index (χ0) is 29.5. The molecule has 2 heterocycles. The monoisotopic (exact) mass is 576 g/mol. The second-order valence-electron chi connectivity index (χ2n) is 11.0. The summed E-state index contributed by atoms with van der Waals surface area (Å²) in [5.74, 6) is -0.159. The van der Waals surface area contributed by atoms with Crippen molar-refractivity contribution in [3.05, 3.63) is 72.2 Å². The number of imidazole rings is 1. The molecule has 5 rings (SSSR count). The third-order valence-corrected chi connectivity index (χ3v) is 8.34. The number of benzene rings is 2. The van der Waals surface area contributed by atoms with Gasteiger partial charge in [-0.15, -0.1) is 0 Å². The van der Waals surface area contributed by atoms with E-state index in [9.17, 15) is 14.7 Å². The minimum Gasteiger partial charge on any atom is -0.493 e. The summed E-state index contributed by atoms with van der Waals surface area (Å²) in [4.78, 5) is 32.9. The van der Waals surface area contributed by atoms with Gasteiger partial charge in [0.15, 0.2) is 5.69 Å². The van der Waals surface area contributed by atoms with Crippen LogP contribution < -0.4 is 10.1 Å². The molecule has 2 aliphatic rings. The van der Waals surface area contributed by atoms with Crippen molar-refractivity contribution < 1.29 is 28.9 Å². The third-order valence-electron chi connectivity index (χ3n) is 8.34. The Kier molecular flexibility index (Phi) is 9.56. The lowest BCUT2D eigenvalue weighted by atomic mass is 9.80. The highest BCUT2D eigenvalue weighted by Gasteiger charge is 2.42. The first kappa shape index (κ1) is 29.8. The largest absolute Gasteiger partial charge is 0.493 e. The lowest BCUT2D eigenvalue weighted by Gasteiger charge is -2.41. The topological polar surface area (TPSA) is 115 Å². The second-order valence-corrected chi connectivity index (χ2v) is 11.0. The minimum absolute atomic E-state index is 0.134. The summed E-state index contributed by atoms with van der Waals surface area (Å²) in [7, 11) is 2.95. The van der Waals surface area contributed by atoms with Gasteiger partial charge in [-0.2, -0.15) is 0 Å². The molecular formula is C32H40N4O6. The van der Waals surface area contributed by atoms with Crippen LogP contribution in [0.3, 0.4) is 0 Å². The van der Waals surface area contributed by atoms with E-state index < -0.39 is 11.6 Å². The van der Waals surface area contributed by atoms with E-state index >= 15 is 0 Å². The van der Waals surface area contributed by atoms with Crippen LogP contribution in [0, 0.1) is 0 Å². The van der Waals surface area contributed by atoms with Crippen LogP contribution in [0.25, 0.3) is 11.3 Å². The summed E-state index contributed by atoms with van der Waals surface area (Å²) in [6.07, 6.45) is 5.56. The van der Waals surface area contributed by atoms with Crippen molar-refractivity contribution in [2.75, 3.05) is 47.1 Å². The number of piperazine rings is 1. The Hall–Kier alpha value is -3.73. The quantitative estimate of drug-likeness (QED) is 0.351. The van der Waals surface area contributed by atoms with Gasteiger partial charge in [0, 0.05) is 44.8 Å². The van der Waals surface area contributed by atoms with E-state index in [0.717, 1.165) is 24.8 Å². The fourth-order valence-corrected chi connectivity index (χ4v) is 6.25. The first-order chi connectivity index (χ1) is 20.5. The van der Waals surface area contributed by atoms with Gasteiger partial charge in [0.05, 0.1) is 38.4 Å². The van der Waals surface area contributed by atoms with Gasteiger partial charge in [0.1, 0.15) is 16.9 Å². The first-order valence-electron chi connectivity index (χ1n) is 14.6. The number of hydrogen-bond donors (Lipinski definition) is 2. The Labute approximate surface area is 246 Å². The van der Waals surface area contributed by atoms with E-state index in [1.165, 1.54) is 7.11 Å². The molecule has 1 saturated carbocycles. The summed E-state index contributed by atoms with van der Waals surface area (Å²) in [6, 6.07) is 16.4. The van der Waals surface area contributed by atoms with Gasteiger partial charge in [-0.3, -0.25) is 4.79 Å². The lowest BCUT2D eigenvalue weighted by Crippen LogP contribution is -2.54. The zero-order valence-corrected chi connectivity index (χ0v) is 24.3. The van der Waals surface area contributed by atoms with Crippen LogP contribution in [0.5, 0.6) is 5.75 Å². The number of aromatic nitrogens is 2. The molecule has 0 bridgehead atoms. The van der Waals surface area contributed by atoms with E-state index in [2.05, 4.69) is 10.3 Å². The number of rotatable bonds is 10. The van der Waals surface area contributed by atoms with Gasteiger partial charge < -0.3 is 34.1 Å². The molecule has 0 radical (unpaired) electrons. The summed E-state index contributed by atoms with van der Waals surface area (Å²) in [5.41, 5.74) is 1.27. The summed E-state index contributed by atoms with van der Waals surface area (Å²) >= 11 is 0. The van der Waals surface area contributed by atoms with E-state index in [-0.39, 0.29) is 24.6 Å². The van der Waals surface area contributed by atoms with Gasteiger partial charge in [-0.25, -0.2) is 9.78 Å². The van der Waals surface area contributed by atoms with Gasteiger partial charge in [-0.1, -0.05) is 55.3 Å². The molecule has 1 aliphatic heterocycles. The maximum absolute atomic E-state index is 14.2. The van der Waals surface area contributed by atoms with E-state index in [1.807, 2.05) is 39.8 Å². The SMILES string of the molecule is COC[C@]1(O)CCCC[C@H]1n1cnc(C(=O)N2CCNC[C@H]2CCOc2ccccc2C(=O)OC)c1-c1ccccc1. The van der Waals surface area contributed by atoms with Crippen LogP contribution in [0.15, 0.2) is 60.9 Å². The van der Waals surface area contributed by atoms with Crippen molar-refractivity contribution in [3.8, 4) is 17.0 Å². The lowest BCUT2D eigenvalue weighted by molar-refractivity contribution is -0.0893. The Bertz CT molecular complexity index is 1360. The number of amides is 1. The Morgan fingerprint density at radius 3 is 2.67 bits per heavy atom. The van der Waals surface area contributed by atoms with Crippen molar-refractivity contribution in [2.24, 2.45) is 0 Å². The number of methoxy groups -OCH3 is 2. The maximum atomic E-state index is 14.2. The van der Waals surface area contributed by atoms with Crippen LogP contribution in [0.1, 0.15) is 59.0 Å². The van der Waals surface area contributed by atoms with Gasteiger partial charge in [0.2, 0.25) is 0 Å². The number of para-hydroxylation sites is 1. The van der Waals surface area contributed by atoms with Crippen molar-refractivity contribution in [3.63, 3.8) is 0 Å². The van der Waals surface area contributed by atoms with Gasteiger partial charge >= 0.3 is 5.97 Å². The Morgan fingerprint density at radius 1 is 1.10 bits per heavy atom. The number of carbonyl (C=O) groups excluding carboxylic acids is 2. The summed E-state index contributed by atoms with van der Waals surface area (Å²) < 4.78 is 18.3. The van der Waals surface area contributed by atoms with Crippen LogP contribution in [0.4, 0.5) is 0 Å².